The third-order valence-corrected chi connectivity index (χ3v) is 6.83. The Kier molecular flexibility index (Phi) is 6.82. The van der Waals surface area contributed by atoms with Crippen LogP contribution < -0.4 is 5.32 Å². The Morgan fingerprint density at radius 2 is 1.64 bits per heavy atom. The third kappa shape index (κ3) is 5.16. The van der Waals surface area contributed by atoms with Gasteiger partial charge in [-0.3, -0.25) is 4.79 Å². The Morgan fingerprint density at radius 1 is 0.889 bits per heavy atom. The fraction of sp³-hybridized carbons (Fsp3) is 0.0690. The van der Waals surface area contributed by atoms with Gasteiger partial charge in [0.1, 0.15) is 0 Å². The topological polar surface area (TPSA) is 81.4 Å². The summed E-state index contributed by atoms with van der Waals surface area (Å²) >= 11 is 1.59. The number of amides is 1. The van der Waals surface area contributed by atoms with E-state index in [1.54, 1.807) is 30.0 Å². The highest BCUT2D eigenvalue weighted by Gasteiger charge is 2.16. The van der Waals surface area contributed by atoms with Crippen LogP contribution in [0.2, 0.25) is 0 Å². The van der Waals surface area contributed by atoms with E-state index >= 15 is 0 Å². The zero-order valence-electron chi connectivity index (χ0n) is 19.4. The van der Waals surface area contributed by atoms with Gasteiger partial charge >= 0.3 is 5.97 Å². The molecule has 5 aromatic rings. The van der Waals surface area contributed by atoms with Crippen LogP contribution in [-0.2, 0) is 10.5 Å². The number of methoxy groups -OCH3 is 1. The van der Waals surface area contributed by atoms with Crippen molar-refractivity contribution in [2.75, 3.05) is 12.4 Å². The number of thioether (sulfide) groups is 1. The van der Waals surface area contributed by atoms with Crippen LogP contribution in [0.3, 0.4) is 0 Å². The second-order valence-corrected chi connectivity index (χ2v) is 9.08. The molecule has 1 aromatic heterocycles. The summed E-state index contributed by atoms with van der Waals surface area (Å²) in [7, 11) is 1.36. The molecule has 0 saturated heterocycles. The summed E-state index contributed by atoms with van der Waals surface area (Å²) < 4.78 is 10.2. The summed E-state index contributed by atoms with van der Waals surface area (Å²) in [4.78, 5) is 25.5. The number of benzene rings is 4. The van der Waals surface area contributed by atoms with E-state index in [0.717, 1.165) is 26.8 Å². The summed E-state index contributed by atoms with van der Waals surface area (Å²) in [5.74, 6) is 0.494. The van der Waals surface area contributed by atoms with Gasteiger partial charge in [0, 0.05) is 22.3 Å². The highest BCUT2D eigenvalue weighted by Crippen LogP contribution is 2.31. The predicted octanol–water partition coefficient (Wildman–Crippen LogP) is 6.83. The molecule has 5 rings (SSSR count). The highest BCUT2D eigenvalue weighted by molar-refractivity contribution is 7.98. The predicted molar refractivity (Wildman–Crippen MR) is 141 cm³/mol. The number of nitrogens with one attached hydrogen (secondary N) is 1. The molecule has 0 aliphatic carbocycles. The van der Waals surface area contributed by atoms with Gasteiger partial charge in [-0.15, -0.1) is 11.8 Å². The molecule has 6 nitrogen and oxygen atoms in total. The number of aromatic nitrogens is 1. The van der Waals surface area contributed by atoms with Crippen molar-refractivity contribution in [1.82, 2.24) is 5.16 Å². The van der Waals surface area contributed by atoms with Gasteiger partial charge in [0.25, 0.3) is 5.91 Å². The highest BCUT2D eigenvalue weighted by atomic mass is 32.2. The van der Waals surface area contributed by atoms with Crippen LogP contribution in [0.25, 0.3) is 22.1 Å². The molecule has 0 unspecified atom stereocenters. The van der Waals surface area contributed by atoms with Gasteiger partial charge < -0.3 is 14.6 Å². The molecule has 178 valence electrons. The summed E-state index contributed by atoms with van der Waals surface area (Å²) in [6.07, 6.45) is 0. The number of carbonyl (C=O) groups is 2. The second-order valence-electron chi connectivity index (χ2n) is 8.07. The number of ether oxygens (including phenoxy) is 1. The van der Waals surface area contributed by atoms with E-state index in [9.17, 15) is 9.59 Å². The van der Waals surface area contributed by atoms with E-state index in [-0.39, 0.29) is 17.6 Å². The molecule has 7 heteroatoms. The SMILES string of the molecule is COC(=O)c1ccc(CSc2ccccc2NC(=O)c2cc(-c3ccc4ccccc4c3)on2)cc1. The first-order valence-corrected chi connectivity index (χ1v) is 12.3. The molecule has 1 amide bonds. The fourth-order valence-electron chi connectivity index (χ4n) is 3.76. The number of anilines is 1. The number of esters is 1. The van der Waals surface area contributed by atoms with Gasteiger partial charge in [-0.25, -0.2) is 4.79 Å². The zero-order chi connectivity index (χ0) is 24.9. The first-order chi connectivity index (χ1) is 17.6. The average Bonchev–Trinajstić information content (AvgIpc) is 3.43. The molecule has 1 heterocycles. The van der Waals surface area contributed by atoms with Gasteiger partial charge in [-0.2, -0.15) is 0 Å². The number of nitrogens with zero attached hydrogens (tertiary/aromatic N) is 1. The quantitative estimate of drug-likeness (QED) is 0.197. The molecule has 0 spiro atoms. The van der Waals surface area contributed by atoms with Gasteiger partial charge in [0.05, 0.1) is 18.4 Å². The smallest absolute Gasteiger partial charge is 0.337 e. The Bertz CT molecular complexity index is 1540. The maximum absolute atomic E-state index is 12.9. The minimum absolute atomic E-state index is 0.205. The molecule has 0 bridgehead atoms. The van der Waals surface area contributed by atoms with E-state index in [1.807, 2.05) is 78.9 Å². The van der Waals surface area contributed by atoms with Crippen LogP contribution in [-0.4, -0.2) is 24.1 Å². The molecular weight excluding hydrogens is 472 g/mol. The molecule has 4 aromatic carbocycles. The van der Waals surface area contributed by atoms with Crippen molar-refractivity contribution in [3.05, 3.63) is 114 Å². The van der Waals surface area contributed by atoms with E-state index in [4.69, 9.17) is 9.26 Å². The normalized spacial score (nSPS) is 10.8. The summed E-state index contributed by atoms with van der Waals surface area (Å²) in [5, 5.41) is 9.15. The van der Waals surface area contributed by atoms with Crippen molar-refractivity contribution in [3.8, 4) is 11.3 Å². The molecule has 0 aliphatic heterocycles. The van der Waals surface area contributed by atoms with E-state index in [1.165, 1.54) is 7.11 Å². The van der Waals surface area contributed by atoms with Gasteiger partial charge in [-0.1, -0.05) is 65.8 Å². The fourth-order valence-corrected chi connectivity index (χ4v) is 4.72. The monoisotopic (exact) mass is 494 g/mol. The number of fused-ring (bicyclic) bond motifs is 1. The standard InChI is InChI=1S/C29H22N2O4S/c1-34-29(33)21-12-10-19(11-13-21)18-36-27-9-5-4-8-24(27)30-28(32)25-17-26(35-31-25)23-15-14-20-6-2-3-7-22(20)16-23/h2-17H,18H2,1H3,(H,30,32). The van der Waals surface area contributed by atoms with Crippen LogP contribution >= 0.6 is 11.8 Å². The van der Waals surface area contributed by atoms with E-state index in [0.29, 0.717) is 22.8 Å². The molecular formula is C29H22N2O4S. The van der Waals surface area contributed by atoms with Crippen LogP contribution in [0.15, 0.2) is 106 Å². The molecule has 0 fully saturated rings. The maximum atomic E-state index is 12.9. The van der Waals surface area contributed by atoms with E-state index < -0.39 is 0 Å². The van der Waals surface area contributed by atoms with Gasteiger partial charge in [0.15, 0.2) is 11.5 Å². The number of rotatable bonds is 7. The van der Waals surface area contributed by atoms with Crippen molar-refractivity contribution >= 4 is 40.1 Å². The lowest BCUT2D eigenvalue weighted by molar-refractivity contribution is 0.0600. The van der Waals surface area contributed by atoms with Crippen molar-refractivity contribution in [2.45, 2.75) is 10.6 Å². The maximum Gasteiger partial charge on any atom is 0.337 e. The molecule has 1 N–H and O–H groups in total. The Morgan fingerprint density at radius 3 is 2.44 bits per heavy atom. The molecule has 0 radical (unpaired) electrons. The van der Waals surface area contributed by atoms with Crippen LogP contribution in [0.5, 0.6) is 0 Å². The van der Waals surface area contributed by atoms with Crippen molar-refractivity contribution in [2.24, 2.45) is 0 Å². The van der Waals surface area contributed by atoms with Crippen molar-refractivity contribution < 1.29 is 18.8 Å². The minimum Gasteiger partial charge on any atom is -0.465 e. The van der Waals surface area contributed by atoms with Crippen LogP contribution in [0, 0.1) is 0 Å². The first-order valence-electron chi connectivity index (χ1n) is 11.3. The summed E-state index contributed by atoms with van der Waals surface area (Å²) in [6.45, 7) is 0. The zero-order valence-corrected chi connectivity index (χ0v) is 20.2. The lowest BCUT2D eigenvalue weighted by atomic mass is 10.1. The molecule has 36 heavy (non-hydrogen) atoms. The average molecular weight is 495 g/mol. The third-order valence-electron chi connectivity index (χ3n) is 5.68. The van der Waals surface area contributed by atoms with Gasteiger partial charge in [0.2, 0.25) is 0 Å². The first kappa shape index (κ1) is 23.4. The number of hydrogen-bond acceptors (Lipinski definition) is 6. The lowest BCUT2D eigenvalue weighted by Gasteiger charge is -2.10. The van der Waals surface area contributed by atoms with Crippen molar-refractivity contribution in [3.63, 3.8) is 0 Å². The summed E-state index contributed by atoms with van der Waals surface area (Å²) in [5.41, 5.74) is 3.31. The minimum atomic E-state index is -0.362. The number of hydrogen-bond donors (Lipinski definition) is 1. The summed E-state index contributed by atoms with van der Waals surface area (Å²) in [6, 6.07) is 30.6. The Labute approximate surface area is 212 Å². The van der Waals surface area contributed by atoms with Gasteiger partial charge in [-0.05, 0) is 46.7 Å². The Hall–Kier alpha value is -4.36. The number of carbonyl (C=O) groups excluding carboxylic acids is 2. The number of para-hydroxylation sites is 1. The Balaban J connectivity index is 1.27. The van der Waals surface area contributed by atoms with Crippen LogP contribution in [0.1, 0.15) is 26.4 Å². The molecule has 0 saturated carbocycles. The molecule has 0 atom stereocenters. The lowest BCUT2D eigenvalue weighted by Crippen LogP contribution is -2.12. The van der Waals surface area contributed by atoms with Crippen molar-refractivity contribution in [1.29, 1.82) is 0 Å². The second kappa shape index (κ2) is 10.5. The van der Waals surface area contributed by atoms with E-state index in [2.05, 4.69) is 10.5 Å². The largest absolute Gasteiger partial charge is 0.465 e. The molecule has 0 aliphatic rings. The van der Waals surface area contributed by atoms with Crippen LogP contribution in [0.4, 0.5) is 5.69 Å².